The summed E-state index contributed by atoms with van der Waals surface area (Å²) in [5.41, 5.74) is 0. The lowest BCUT2D eigenvalue weighted by Crippen LogP contribution is -2.51. The van der Waals surface area contributed by atoms with E-state index >= 15 is 0 Å². The number of hydrogen-bond donors (Lipinski definition) is 2. The van der Waals surface area contributed by atoms with Crippen LogP contribution in [-0.2, 0) is 0 Å². The van der Waals surface area contributed by atoms with Gasteiger partial charge < -0.3 is 10.6 Å². The van der Waals surface area contributed by atoms with Gasteiger partial charge in [0.1, 0.15) is 0 Å². The molecule has 0 radical (unpaired) electrons. The molecule has 0 spiro atoms. The molecule has 7 heavy (non-hydrogen) atoms. The zero-order valence-corrected chi connectivity index (χ0v) is 4.28. The van der Waals surface area contributed by atoms with Gasteiger partial charge in [-0.05, 0) is 0 Å². The molecule has 0 aliphatic carbocycles. The van der Waals surface area contributed by atoms with E-state index in [-0.39, 0.29) is 0 Å². The lowest BCUT2D eigenvalue weighted by Gasteiger charge is -2.30. The van der Waals surface area contributed by atoms with E-state index in [1.807, 2.05) is 0 Å². The maximum absolute atomic E-state index is 3.34. The van der Waals surface area contributed by atoms with E-state index in [1.54, 1.807) is 0 Å². The summed E-state index contributed by atoms with van der Waals surface area (Å²) in [5.74, 6) is 0.972. The fourth-order valence-electron chi connectivity index (χ4n) is 1.33. The first kappa shape index (κ1) is 3.87. The molecular weight excluding hydrogens is 88.1 g/mol. The first-order valence-electron chi connectivity index (χ1n) is 2.91. The summed E-state index contributed by atoms with van der Waals surface area (Å²) in [7, 11) is 0. The van der Waals surface area contributed by atoms with Gasteiger partial charge in [0.05, 0.1) is 0 Å². The monoisotopic (exact) mass is 98.1 g/mol. The van der Waals surface area contributed by atoms with Gasteiger partial charge >= 0.3 is 0 Å². The van der Waals surface area contributed by atoms with Crippen LogP contribution >= 0.6 is 0 Å². The van der Waals surface area contributed by atoms with Crippen LogP contribution in [0, 0.1) is 5.92 Å². The maximum Gasteiger partial charge on any atom is 0.0245 e. The topological polar surface area (TPSA) is 24.1 Å². The average molecular weight is 98.1 g/mol. The Bertz CT molecular complexity index is 72.1. The third-order valence-corrected chi connectivity index (χ3v) is 1.98. The predicted octanol–water partition coefficient (Wildman–Crippen LogP) is -0.822. The fraction of sp³-hybridized carbons (Fsp3) is 1.00. The third-order valence-electron chi connectivity index (χ3n) is 1.98. The first-order valence-corrected chi connectivity index (χ1v) is 2.91. The van der Waals surface area contributed by atoms with Gasteiger partial charge in [0.25, 0.3) is 0 Å². The normalized spacial score (nSPS) is 48.0. The van der Waals surface area contributed by atoms with Crippen molar-refractivity contribution >= 4 is 0 Å². The molecule has 0 amide bonds. The van der Waals surface area contributed by atoms with Gasteiger partial charge in [0, 0.05) is 31.6 Å². The van der Waals surface area contributed by atoms with E-state index in [2.05, 4.69) is 10.6 Å². The highest BCUT2D eigenvalue weighted by molar-refractivity contribution is 4.95. The molecule has 0 bridgehead atoms. The van der Waals surface area contributed by atoms with Crippen LogP contribution in [0.3, 0.4) is 0 Å². The van der Waals surface area contributed by atoms with Gasteiger partial charge in [0.2, 0.25) is 0 Å². The molecule has 2 saturated heterocycles. The van der Waals surface area contributed by atoms with Crippen LogP contribution in [0.1, 0.15) is 0 Å². The molecule has 2 fully saturated rings. The summed E-state index contributed by atoms with van der Waals surface area (Å²) in [4.78, 5) is 0. The van der Waals surface area contributed by atoms with Gasteiger partial charge in [0.15, 0.2) is 0 Å². The smallest absolute Gasteiger partial charge is 0.0245 e. The largest absolute Gasteiger partial charge is 0.315 e. The van der Waals surface area contributed by atoms with Crippen LogP contribution < -0.4 is 10.6 Å². The predicted molar refractivity (Wildman–Crippen MR) is 28.2 cm³/mol. The number of nitrogens with one attached hydrogen (secondary N) is 2. The van der Waals surface area contributed by atoms with Crippen LogP contribution in [0.25, 0.3) is 0 Å². The highest BCUT2D eigenvalue weighted by Crippen LogP contribution is 2.15. The third kappa shape index (κ3) is 0.409. The number of rotatable bonds is 0. The molecule has 0 aromatic carbocycles. The molecule has 2 aliphatic rings. The molecule has 2 aliphatic heterocycles. The summed E-state index contributed by atoms with van der Waals surface area (Å²) in [5, 5.41) is 6.67. The lowest BCUT2D eigenvalue weighted by molar-refractivity contribution is 0.297. The molecule has 2 nitrogen and oxygen atoms in total. The van der Waals surface area contributed by atoms with Crippen molar-refractivity contribution < 1.29 is 0 Å². The number of hydrogen-bond acceptors (Lipinski definition) is 2. The second kappa shape index (κ2) is 1.20. The Morgan fingerprint density at radius 2 is 2.14 bits per heavy atom. The Morgan fingerprint density at radius 3 is 2.43 bits per heavy atom. The summed E-state index contributed by atoms with van der Waals surface area (Å²) in [6, 6.07) is 0.833. The fourth-order valence-corrected chi connectivity index (χ4v) is 1.33. The van der Waals surface area contributed by atoms with Crippen molar-refractivity contribution in [2.75, 3.05) is 19.6 Å². The van der Waals surface area contributed by atoms with Crippen molar-refractivity contribution in [3.8, 4) is 0 Å². The molecule has 0 saturated carbocycles. The quantitative estimate of drug-likeness (QED) is 0.413. The minimum atomic E-state index is 0.833. The number of fused-ring (bicyclic) bond motifs is 1. The minimum absolute atomic E-state index is 0.833. The summed E-state index contributed by atoms with van der Waals surface area (Å²) in [6.07, 6.45) is 0. The van der Waals surface area contributed by atoms with E-state index in [0.717, 1.165) is 12.0 Å². The summed E-state index contributed by atoms with van der Waals surface area (Å²) < 4.78 is 0. The molecule has 2 atom stereocenters. The second-order valence-electron chi connectivity index (χ2n) is 2.43. The van der Waals surface area contributed by atoms with Crippen molar-refractivity contribution in [1.29, 1.82) is 0 Å². The Balaban J connectivity index is 2.03. The molecule has 0 aromatic rings. The van der Waals surface area contributed by atoms with Crippen molar-refractivity contribution in [1.82, 2.24) is 10.6 Å². The van der Waals surface area contributed by atoms with E-state index in [4.69, 9.17) is 0 Å². The van der Waals surface area contributed by atoms with E-state index in [9.17, 15) is 0 Å². The molecule has 40 valence electrons. The molecular formula is C5H10N2. The van der Waals surface area contributed by atoms with Crippen LogP contribution in [0.15, 0.2) is 0 Å². The second-order valence-corrected chi connectivity index (χ2v) is 2.43. The van der Waals surface area contributed by atoms with E-state index in [0.29, 0.717) is 0 Å². The first-order chi connectivity index (χ1) is 3.47. The summed E-state index contributed by atoms with van der Waals surface area (Å²) in [6.45, 7) is 3.69. The minimum Gasteiger partial charge on any atom is -0.315 e. The van der Waals surface area contributed by atoms with Gasteiger partial charge in [-0.3, -0.25) is 0 Å². The molecule has 2 heteroatoms. The Morgan fingerprint density at radius 1 is 1.14 bits per heavy atom. The van der Waals surface area contributed by atoms with Crippen molar-refractivity contribution in [3.05, 3.63) is 0 Å². The van der Waals surface area contributed by atoms with Crippen molar-refractivity contribution in [2.24, 2.45) is 5.92 Å². The van der Waals surface area contributed by atoms with Crippen molar-refractivity contribution in [2.45, 2.75) is 6.04 Å². The Labute approximate surface area is 43.3 Å². The highest BCUT2D eigenvalue weighted by Gasteiger charge is 2.33. The van der Waals surface area contributed by atoms with Gasteiger partial charge in [-0.2, -0.15) is 0 Å². The highest BCUT2D eigenvalue weighted by atomic mass is 15.1. The Kier molecular flexibility index (Phi) is 0.664. The van der Waals surface area contributed by atoms with Crippen LogP contribution in [-0.4, -0.2) is 25.7 Å². The lowest BCUT2D eigenvalue weighted by atomic mass is 9.96. The molecule has 2 N–H and O–H groups in total. The SMILES string of the molecule is C1NC[C@@H]2NC[C@H]12. The van der Waals surface area contributed by atoms with Crippen LogP contribution in [0.5, 0.6) is 0 Å². The molecule has 0 aromatic heterocycles. The molecule has 2 heterocycles. The van der Waals surface area contributed by atoms with Gasteiger partial charge in [-0.1, -0.05) is 0 Å². The van der Waals surface area contributed by atoms with E-state index < -0.39 is 0 Å². The van der Waals surface area contributed by atoms with E-state index in [1.165, 1.54) is 19.6 Å². The Hall–Kier alpha value is -0.0800. The maximum atomic E-state index is 3.34. The van der Waals surface area contributed by atoms with Crippen molar-refractivity contribution in [3.63, 3.8) is 0 Å². The summed E-state index contributed by atoms with van der Waals surface area (Å²) >= 11 is 0. The zero-order chi connectivity index (χ0) is 4.69. The van der Waals surface area contributed by atoms with Gasteiger partial charge in [-0.25, -0.2) is 0 Å². The standard InChI is InChI=1S/C5H10N2/c1-4-2-7-5(4)3-6-1/h4-7H,1-3H2/t4-,5-/m0/s1. The molecule has 0 unspecified atom stereocenters. The molecule has 2 rings (SSSR count). The average Bonchev–Trinajstić information content (AvgIpc) is 1.85. The van der Waals surface area contributed by atoms with Crippen LogP contribution in [0.4, 0.5) is 0 Å². The van der Waals surface area contributed by atoms with Crippen LogP contribution in [0.2, 0.25) is 0 Å². The zero-order valence-electron chi connectivity index (χ0n) is 4.28. The van der Waals surface area contributed by atoms with Gasteiger partial charge in [-0.15, -0.1) is 0 Å².